The summed E-state index contributed by atoms with van der Waals surface area (Å²) < 4.78 is 0. The zero-order chi connectivity index (χ0) is 7.82. The second kappa shape index (κ2) is 7.03. The van der Waals surface area contributed by atoms with E-state index < -0.39 is 0 Å². The Bertz CT molecular complexity index is 64.3. The molecule has 2 nitrogen and oxygen atoms in total. The molecule has 2 heteroatoms. The topological polar surface area (TPSA) is 18.5 Å². The molecule has 62 valence electrons. The second-order valence-corrected chi connectivity index (χ2v) is 2.32. The molecule has 0 saturated heterocycles. The summed E-state index contributed by atoms with van der Waals surface area (Å²) in [7, 11) is 0. The van der Waals surface area contributed by atoms with E-state index in [0.717, 1.165) is 19.3 Å². The van der Waals surface area contributed by atoms with E-state index in [1.165, 1.54) is 0 Å². The van der Waals surface area contributed by atoms with Gasteiger partial charge < -0.3 is 0 Å². The van der Waals surface area contributed by atoms with Crippen molar-refractivity contribution < 1.29 is 9.78 Å². The minimum atomic E-state index is 0.296. The number of hydrogen-bond donors (Lipinski definition) is 0. The minimum Gasteiger partial charge on any atom is -0.237 e. The number of hydrogen-bond acceptors (Lipinski definition) is 2. The van der Waals surface area contributed by atoms with Gasteiger partial charge in [-0.25, -0.2) is 9.78 Å². The fourth-order valence-electron chi connectivity index (χ4n) is 0.807. The second-order valence-electron chi connectivity index (χ2n) is 2.32. The Balaban J connectivity index is 3.21. The van der Waals surface area contributed by atoms with E-state index in [4.69, 9.17) is 9.78 Å². The third-order valence-corrected chi connectivity index (χ3v) is 1.39. The van der Waals surface area contributed by atoms with Gasteiger partial charge >= 0.3 is 0 Å². The summed E-state index contributed by atoms with van der Waals surface area (Å²) in [5.41, 5.74) is 0. The Kier molecular flexibility index (Phi) is 6.98. The van der Waals surface area contributed by atoms with E-state index in [1.807, 2.05) is 6.92 Å². The predicted octanol–water partition coefficient (Wildman–Crippen LogP) is 2.53. The molecule has 0 heterocycles. The van der Waals surface area contributed by atoms with Gasteiger partial charge in [-0.2, -0.15) is 0 Å². The molecule has 0 saturated carbocycles. The van der Waals surface area contributed by atoms with Gasteiger partial charge in [0.1, 0.15) is 0 Å². The molecule has 0 rings (SSSR count). The molecule has 0 N–H and O–H groups in total. The Hall–Kier alpha value is -0.0800. The Morgan fingerprint density at radius 2 is 1.90 bits per heavy atom. The fourth-order valence-corrected chi connectivity index (χ4v) is 0.807. The van der Waals surface area contributed by atoms with Gasteiger partial charge in [0.15, 0.2) is 0 Å². The van der Waals surface area contributed by atoms with Crippen molar-refractivity contribution in [2.75, 3.05) is 6.61 Å². The molecule has 0 aliphatic heterocycles. The van der Waals surface area contributed by atoms with Crippen molar-refractivity contribution in [2.24, 2.45) is 0 Å². The van der Waals surface area contributed by atoms with E-state index in [9.17, 15) is 0 Å². The Morgan fingerprint density at radius 1 is 1.20 bits per heavy atom. The lowest BCUT2D eigenvalue weighted by Gasteiger charge is -2.12. The largest absolute Gasteiger partial charge is 0.237 e. The van der Waals surface area contributed by atoms with Crippen molar-refractivity contribution in [3.8, 4) is 0 Å². The molecule has 0 bridgehead atoms. The van der Waals surface area contributed by atoms with Crippen LogP contribution in [0.5, 0.6) is 0 Å². The van der Waals surface area contributed by atoms with Gasteiger partial charge in [0, 0.05) is 0 Å². The zero-order valence-corrected chi connectivity index (χ0v) is 7.22. The molecular weight excluding hydrogens is 128 g/mol. The summed E-state index contributed by atoms with van der Waals surface area (Å²) >= 11 is 0. The first kappa shape index (κ1) is 9.92. The van der Waals surface area contributed by atoms with Crippen LogP contribution in [0.1, 0.15) is 40.0 Å². The van der Waals surface area contributed by atoms with Crippen LogP contribution >= 0.6 is 0 Å². The smallest absolute Gasteiger partial charge is 0.0927 e. The maximum atomic E-state index is 5.08. The summed E-state index contributed by atoms with van der Waals surface area (Å²) in [4.78, 5) is 9.92. The summed E-state index contributed by atoms with van der Waals surface area (Å²) in [5, 5.41) is 0. The first-order valence-corrected chi connectivity index (χ1v) is 4.13. The third kappa shape index (κ3) is 4.77. The van der Waals surface area contributed by atoms with Crippen molar-refractivity contribution in [3.63, 3.8) is 0 Å². The molecule has 0 aliphatic rings. The highest BCUT2D eigenvalue weighted by molar-refractivity contribution is 4.50. The first-order chi connectivity index (χ1) is 4.85. The summed E-state index contributed by atoms with van der Waals surface area (Å²) in [6.07, 6.45) is 3.58. The average Bonchev–Trinajstić information content (AvgIpc) is 1.98. The molecule has 1 atom stereocenters. The third-order valence-electron chi connectivity index (χ3n) is 1.39. The first-order valence-electron chi connectivity index (χ1n) is 4.13. The van der Waals surface area contributed by atoms with Gasteiger partial charge in [-0.3, -0.25) is 0 Å². The summed E-state index contributed by atoms with van der Waals surface area (Å²) in [6, 6.07) is 0. The molecule has 1 unspecified atom stereocenters. The zero-order valence-electron chi connectivity index (χ0n) is 7.22. The van der Waals surface area contributed by atoms with E-state index >= 15 is 0 Å². The highest BCUT2D eigenvalue weighted by atomic mass is 17.2. The monoisotopic (exact) mass is 146 g/mol. The highest BCUT2D eigenvalue weighted by Crippen LogP contribution is 2.05. The molecule has 0 spiro atoms. The van der Waals surface area contributed by atoms with Crippen LogP contribution in [0, 0.1) is 0 Å². The van der Waals surface area contributed by atoms with Gasteiger partial charge in [0.25, 0.3) is 0 Å². The maximum Gasteiger partial charge on any atom is 0.0927 e. The van der Waals surface area contributed by atoms with Gasteiger partial charge in [0.05, 0.1) is 12.7 Å². The van der Waals surface area contributed by atoms with E-state index in [0.29, 0.717) is 12.7 Å². The average molecular weight is 146 g/mol. The van der Waals surface area contributed by atoms with Crippen LogP contribution in [0.25, 0.3) is 0 Å². The van der Waals surface area contributed by atoms with Crippen LogP contribution < -0.4 is 0 Å². The van der Waals surface area contributed by atoms with Crippen molar-refractivity contribution in [1.29, 1.82) is 0 Å². The molecule has 10 heavy (non-hydrogen) atoms. The molecule has 0 aromatic heterocycles. The van der Waals surface area contributed by atoms with Crippen LogP contribution in [0.3, 0.4) is 0 Å². The molecule has 0 fully saturated rings. The van der Waals surface area contributed by atoms with Crippen LogP contribution in [-0.4, -0.2) is 12.7 Å². The normalized spacial score (nSPS) is 13.5. The van der Waals surface area contributed by atoms with E-state index in [-0.39, 0.29) is 0 Å². The van der Waals surface area contributed by atoms with Gasteiger partial charge in [0.2, 0.25) is 0 Å². The van der Waals surface area contributed by atoms with Gasteiger partial charge in [-0.05, 0) is 19.8 Å². The van der Waals surface area contributed by atoms with Crippen molar-refractivity contribution in [1.82, 2.24) is 0 Å². The van der Waals surface area contributed by atoms with Gasteiger partial charge in [-0.15, -0.1) is 0 Å². The molecule has 0 aliphatic carbocycles. The SMILES string of the molecule is CCCC(CC)OOCC. The lowest BCUT2D eigenvalue weighted by atomic mass is 10.2. The van der Waals surface area contributed by atoms with Crippen molar-refractivity contribution >= 4 is 0 Å². The summed E-state index contributed by atoms with van der Waals surface area (Å²) in [5.74, 6) is 0. The van der Waals surface area contributed by atoms with Crippen LogP contribution in [0.15, 0.2) is 0 Å². The Morgan fingerprint density at radius 3 is 2.30 bits per heavy atom. The quantitative estimate of drug-likeness (QED) is 0.423. The predicted molar refractivity (Wildman–Crippen MR) is 41.7 cm³/mol. The fraction of sp³-hybridized carbons (Fsp3) is 1.00. The highest BCUT2D eigenvalue weighted by Gasteiger charge is 2.04. The van der Waals surface area contributed by atoms with Crippen LogP contribution in [0.4, 0.5) is 0 Å². The molecule has 0 amide bonds. The lowest BCUT2D eigenvalue weighted by molar-refractivity contribution is -0.322. The van der Waals surface area contributed by atoms with Crippen LogP contribution in [0.2, 0.25) is 0 Å². The van der Waals surface area contributed by atoms with Crippen molar-refractivity contribution in [2.45, 2.75) is 46.1 Å². The van der Waals surface area contributed by atoms with Gasteiger partial charge in [-0.1, -0.05) is 20.3 Å². The van der Waals surface area contributed by atoms with E-state index in [1.54, 1.807) is 0 Å². The Labute approximate surface area is 63.5 Å². The number of rotatable bonds is 6. The standard InChI is InChI=1S/C8H18O2/c1-4-7-8(5-2)10-9-6-3/h8H,4-7H2,1-3H3. The van der Waals surface area contributed by atoms with Crippen LogP contribution in [-0.2, 0) is 9.78 Å². The molecular formula is C8H18O2. The van der Waals surface area contributed by atoms with Crippen molar-refractivity contribution in [3.05, 3.63) is 0 Å². The summed E-state index contributed by atoms with van der Waals surface area (Å²) in [6.45, 7) is 6.83. The minimum absolute atomic E-state index is 0.296. The lowest BCUT2D eigenvalue weighted by Crippen LogP contribution is -2.11. The molecule has 0 radical (unpaired) electrons. The maximum absolute atomic E-state index is 5.08. The molecule has 0 aromatic carbocycles. The molecule has 0 aromatic rings. The van der Waals surface area contributed by atoms with E-state index in [2.05, 4.69) is 13.8 Å².